The third-order valence-corrected chi connectivity index (χ3v) is 5.84. The van der Waals surface area contributed by atoms with Gasteiger partial charge < -0.3 is 0 Å². The van der Waals surface area contributed by atoms with E-state index in [0.29, 0.717) is 6.42 Å². The smallest absolute Gasteiger partial charge is 0.263 e. The van der Waals surface area contributed by atoms with Crippen LogP contribution in [0.3, 0.4) is 0 Å². The first-order valence-electron chi connectivity index (χ1n) is 9.43. The van der Waals surface area contributed by atoms with Crippen LogP contribution < -0.4 is 0 Å². The Balaban J connectivity index is 1.77. The molecular weight excluding hydrogens is 334 g/mol. The van der Waals surface area contributed by atoms with Gasteiger partial charge in [-0.15, -0.1) is 0 Å². The number of amides is 1. The van der Waals surface area contributed by atoms with E-state index in [0.717, 1.165) is 40.1 Å². The maximum Gasteiger partial charge on any atom is 0.263 e. The molecule has 1 atom stereocenters. The van der Waals surface area contributed by atoms with Gasteiger partial charge in [0.25, 0.3) is 5.91 Å². The molecule has 2 heterocycles. The summed E-state index contributed by atoms with van der Waals surface area (Å²) in [5.74, 6) is 0.0468. The van der Waals surface area contributed by atoms with Gasteiger partial charge in [-0.05, 0) is 29.5 Å². The largest absolute Gasteiger partial charge is 0.294 e. The lowest BCUT2D eigenvalue weighted by Crippen LogP contribution is -2.38. The Morgan fingerprint density at radius 2 is 1.56 bits per heavy atom. The number of benzene rings is 2. The van der Waals surface area contributed by atoms with Gasteiger partial charge in [-0.3, -0.25) is 14.5 Å². The van der Waals surface area contributed by atoms with Gasteiger partial charge in [-0.2, -0.15) is 0 Å². The third-order valence-electron chi connectivity index (χ3n) is 5.84. The van der Waals surface area contributed by atoms with E-state index in [1.54, 1.807) is 4.90 Å². The second-order valence-electron chi connectivity index (χ2n) is 8.43. The molecule has 1 unspecified atom stereocenters. The van der Waals surface area contributed by atoms with E-state index in [2.05, 4.69) is 32.1 Å². The highest BCUT2D eigenvalue weighted by atomic mass is 16.2. The van der Waals surface area contributed by atoms with Crippen LogP contribution in [0.1, 0.15) is 54.1 Å². The monoisotopic (exact) mass is 355 g/mol. The minimum atomic E-state index is -0.144. The molecule has 1 amide bonds. The molecule has 2 aliphatic heterocycles. The van der Waals surface area contributed by atoms with Crippen molar-refractivity contribution in [3.05, 3.63) is 88.6 Å². The number of carbonyl (C=O) groups is 2. The SMILES string of the molecule is CC1(C)CC(=O)C2=C(C1)N1C(=O)c3ccccc3C1=CC2c1ccccc1. The highest BCUT2D eigenvalue weighted by molar-refractivity contribution is 6.13. The highest BCUT2D eigenvalue weighted by Crippen LogP contribution is 2.51. The minimum Gasteiger partial charge on any atom is -0.294 e. The molecule has 0 saturated carbocycles. The number of rotatable bonds is 1. The zero-order valence-electron chi connectivity index (χ0n) is 15.5. The first-order chi connectivity index (χ1) is 13.0. The van der Waals surface area contributed by atoms with Crippen LogP contribution in [0.5, 0.6) is 0 Å². The van der Waals surface area contributed by atoms with Gasteiger partial charge in [0.15, 0.2) is 5.78 Å². The fourth-order valence-corrected chi connectivity index (χ4v) is 4.69. The van der Waals surface area contributed by atoms with Gasteiger partial charge >= 0.3 is 0 Å². The van der Waals surface area contributed by atoms with E-state index in [-0.39, 0.29) is 23.0 Å². The Kier molecular flexibility index (Phi) is 3.33. The summed E-state index contributed by atoms with van der Waals surface area (Å²) in [6, 6.07) is 17.9. The summed E-state index contributed by atoms with van der Waals surface area (Å²) in [5.41, 5.74) is 5.25. The molecule has 27 heavy (non-hydrogen) atoms. The molecular formula is C24H21NO2. The number of hydrogen-bond acceptors (Lipinski definition) is 2. The van der Waals surface area contributed by atoms with Crippen LogP contribution in [0, 0.1) is 5.41 Å². The van der Waals surface area contributed by atoms with Crippen molar-refractivity contribution in [2.24, 2.45) is 5.41 Å². The summed E-state index contributed by atoms with van der Waals surface area (Å²) in [7, 11) is 0. The minimum absolute atomic E-state index is 0.0126. The van der Waals surface area contributed by atoms with Crippen LogP contribution in [0.4, 0.5) is 0 Å². The lowest BCUT2D eigenvalue weighted by molar-refractivity contribution is -0.118. The van der Waals surface area contributed by atoms with Crippen LogP contribution in [0.25, 0.3) is 5.70 Å². The van der Waals surface area contributed by atoms with Crippen LogP contribution >= 0.6 is 0 Å². The quantitative estimate of drug-likeness (QED) is 0.728. The van der Waals surface area contributed by atoms with Crippen molar-refractivity contribution in [3.63, 3.8) is 0 Å². The number of hydrogen-bond donors (Lipinski definition) is 0. The average molecular weight is 355 g/mol. The molecule has 2 aromatic rings. The zero-order valence-corrected chi connectivity index (χ0v) is 15.5. The summed E-state index contributed by atoms with van der Waals surface area (Å²) < 4.78 is 0. The number of allylic oxidation sites excluding steroid dienone is 3. The summed E-state index contributed by atoms with van der Waals surface area (Å²) in [6.45, 7) is 4.22. The van der Waals surface area contributed by atoms with E-state index in [1.807, 2.05) is 42.5 Å². The van der Waals surface area contributed by atoms with Gasteiger partial charge in [0.05, 0.1) is 5.70 Å². The predicted octanol–water partition coefficient (Wildman–Crippen LogP) is 4.92. The van der Waals surface area contributed by atoms with Crippen molar-refractivity contribution >= 4 is 17.4 Å². The van der Waals surface area contributed by atoms with E-state index in [9.17, 15) is 9.59 Å². The Labute approximate surface area is 159 Å². The van der Waals surface area contributed by atoms with Gasteiger partial charge in [0, 0.05) is 34.7 Å². The molecule has 0 saturated heterocycles. The topological polar surface area (TPSA) is 37.4 Å². The van der Waals surface area contributed by atoms with Crippen molar-refractivity contribution in [1.29, 1.82) is 0 Å². The zero-order chi connectivity index (χ0) is 18.8. The molecule has 2 aromatic carbocycles. The molecule has 0 bridgehead atoms. The molecule has 0 N–H and O–H groups in total. The molecule has 0 spiro atoms. The Morgan fingerprint density at radius 1 is 0.889 bits per heavy atom. The first-order valence-corrected chi connectivity index (χ1v) is 9.43. The van der Waals surface area contributed by atoms with Crippen molar-refractivity contribution in [2.75, 3.05) is 0 Å². The van der Waals surface area contributed by atoms with E-state index < -0.39 is 0 Å². The lowest BCUT2D eigenvalue weighted by Gasteiger charge is -2.40. The molecule has 3 nitrogen and oxygen atoms in total. The van der Waals surface area contributed by atoms with Crippen LogP contribution in [-0.2, 0) is 4.79 Å². The van der Waals surface area contributed by atoms with Crippen molar-refractivity contribution in [2.45, 2.75) is 32.6 Å². The number of ketones is 1. The first kappa shape index (κ1) is 16.2. The predicted molar refractivity (Wildman–Crippen MR) is 105 cm³/mol. The fraction of sp³-hybridized carbons (Fsp3) is 0.250. The summed E-state index contributed by atoms with van der Waals surface area (Å²) in [6.07, 6.45) is 3.36. The summed E-state index contributed by atoms with van der Waals surface area (Å²) >= 11 is 0. The number of carbonyl (C=O) groups excluding carboxylic acids is 2. The van der Waals surface area contributed by atoms with Crippen LogP contribution in [0.2, 0.25) is 0 Å². The Bertz CT molecular complexity index is 1040. The molecule has 3 heteroatoms. The van der Waals surface area contributed by atoms with Gasteiger partial charge in [-0.25, -0.2) is 0 Å². The van der Waals surface area contributed by atoms with E-state index in [1.165, 1.54) is 0 Å². The third kappa shape index (κ3) is 2.34. The van der Waals surface area contributed by atoms with E-state index in [4.69, 9.17) is 0 Å². The molecule has 5 rings (SSSR count). The molecule has 0 aromatic heterocycles. The number of fused-ring (bicyclic) bond motifs is 4. The fourth-order valence-electron chi connectivity index (χ4n) is 4.69. The summed E-state index contributed by atoms with van der Waals surface area (Å²) in [4.78, 5) is 28.2. The van der Waals surface area contributed by atoms with Gasteiger partial charge in [-0.1, -0.05) is 62.4 Å². The second-order valence-corrected chi connectivity index (χ2v) is 8.43. The lowest BCUT2D eigenvalue weighted by atomic mass is 9.70. The standard InChI is InChI=1S/C24H21NO2/c1-24(2)13-20-22(21(26)14-24)18(15-8-4-3-5-9-15)12-19-16-10-6-7-11-17(16)23(27)25(19)20/h3-12,18H,13-14H2,1-2H3. The Morgan fingerprint density at radius 3 is 2.30 bits per heavy atom. The Hall–Kier alpha value is -2.94. The number of Topliss-reactive ketones (excluding diaryl/α,β-unsaturated/α-hetero) is 1. The maximum atomic E-state index is 13.2. The molecule has 3 aliphatic rings. The van der Waals surface area contributed by atoms with Crippen LogP contribution in [0.15, 0.2) is 71.9 Å². The normalized spacial score (nSPS) is 23.0. The maximum absolute atomic E-state index is 13.2. The second kappa shape index (κ2) is 5.53. The highest BCUT2D eigenvalue weighted by Gasteiger charge is 2.46. The molecule has 134 valence electrons. The average Bonchev–Trinajstić information content (AvgIpc) is 2.94. The van der Waals surface area contributed by atoms with Crippen LogP contribution in [-0.4, -0.2) is 16.6 Å². The molecule has 0 radical (unpaired) electrons. The van der Waals surface area contributed by atoms with Crippen molar-refractivity contribution in [1.82, 2.24) is 4.90 Å². The molecule has 0 fully saturated rings. The molecule has 1 aliphatic carbocycles. The van der Waals surface area contributed by atoms with Gasteiger partial charge in [0.1, 0.15) is 0 Å². The summed E-state index contributed by atoms with van der Waals surface area (Å²) in [5, 5.41) is 0. The number of nitrogens with zero attached hydrogens (tertiary/aromatic N) is 1. The van der Waals surface area contributed by atoms with Crippen molar-refractivity contribution in [3.8, 4) is 0 Å². The van der Waals surface area contributed by atoms with Gasteiger partial charge in [0.2, 0.25) is 0 Å². The van der Waals surface area contributed by atoms with E-state index >= 15 is 0 Å². The van der Waals surface area contributed by atoms with Crippen molar-refractivity contribution < 1.29 is 9.59 Å².